The molecule has 3 radical (unpaired) electrons. The summed E-state index contributed by atoms with van der Waals surface area (Å²) in [7, 11) is 3.38. The van der Waals surface area contributed by atoms with Gasteiger partial charge in [-0.05, 0) is 74.9 Å². The van der Waals surface area contributed by atoms with Crippen molar-refractivity contribution in [2.75, 3.05) is 0 Å². The zero-order chi connectivity index (χ0) is 16.6. The van der Waals surface area contributed by atoms with Gasteiger partial charge in [0.2, 0.25) is 0 Å². The molecular weight excluding hydrogens is 284 g/mol. The summed E-state index contributed by atoms with van der Waals surface area (Å²) >= 11 is 0. The van der Waals surface area contributed by atoms with E-state index < -0.39 is 0 Å². The average molecular weight is 307 g/mol. The summed E-state index contributed by atoms with van der Waals surface area (Å²) in [4.78, 5) is 0. The van der Waals surface area contributed by atoms with Gasteiger partial charge >= 0.3 is 0 Å². The number of aliphatic hydroxyl groups is 1. The fourth-order valence-electron chi connectivity index (χ4n) is 3.51. The van der Waals surface area contributed by atoms with Crippen molar-refractivity contribution in [3.8, 4) is 0 Å². The number of hydrogen-bond acceptors (Lipinski definition) is 1. The fourth-order valence-corrected chi connectivity index (χ4v) is 3.76. The summed E-state index contributed by atoms with van der Waals surface area (Å²) in [5.74, 6) is 0. The van der Waals surface area contributed by atoms with Crippen LogP contribution < -0.4 is 0 Å². The van der Waals surface area contributed by atoms with Gasteiger partial charge in [-0.15, -0.1) is 0 Å². The molecule has 2 rings (SSSR count). The van der Waals surface area contributed by atoms with Gasteiger partial charge in [0.1, 0.15) is 10.2 Å². The van der Waals surface area contributed by atoms with Crippen molar-refractivity contribution in [2.45, 2.75) is 41.5 Å². The Labute approximate surface area is 137 Å². The van der Waals surface area contributed by atoms with E-state index in [-0.39, 0.29) is 5.38 Å². The van der Waals surface area contributed by atoms with Crippen molar-refractivity contribution in [1.82, 2.24) is 0 Å². The zero-order valence-electron chi connectivity index (χ0n) is 14.3. The first-order valence-corrected chi connectivity index (χ1v) is 8.03. The maximum atomic E-state index is 10.3. The summed E-state index contributed by atoms with van der Waals surface area (Å²) in [6.45, 7) is 12.6. The SMILES string of the molecule is Cc1cc(C)c(C(=C(O)[Si])c2c(C)cc(C)cc2C)c(C)c1. The number of hydrogen-bond donors (Lipinski definition) is 1. The van der Waals surface area contributed by atoms with Crippen molar-refractivity contribution in [3.05, 3.63) is 74.2 Å². The van der Waals surface area contributed by atoms with Gasteiger partial charge in [0.05, 0.1) is 5.38 Å². The molecule has 2 aromatic rings. The van der Waals surface area contributed by atoms with Gasteiger partial charge < -0.3 is 5.11 Å². The van der Waals surface area contributed by atoms with Crippen LogP contribution in [-0.2, 0) is 0 Å². The molecule has 0 bridgehead atoms. The van der Waals surface area contributed by atoms with E-state index in [1.807, 2.05) is 0 Å². The molecule has 0 amide bonds. The van der Waals surface area contributed by atoms with Crippen LogP contribution in [0.15, 0.2) is 29.6 Å². The van der Waals surface area contributed by atoms with Crippen molar-refractivity contribution in [2.24, 2.45) is 0 Å². The fraction of sp³-hybridized carbons (Fsp3) is 0.300. The summed E-state index contributed by atoms with van der Waals surface area (Å²) in [6.07, 6.45) is 0. The summed E-state index contributed by atoms with van der Waals surface area (Å²) in [5.41, 5.74) is 10.3. The molecule has 0 spiro atoms. The molecule has 0 saturated heterocycles. The van der Waals surface area contributed by atoms with Gasteiger partial charge in [0, 0.05) is 5.57 Å². The quantitative estimate of drug-likeness (QED) is 0.613. The standard InChI is InChI=1S/C20H23OSi/c1-11-7-13(3)17(14(4)8-11)19(20(21)22)18-15(5)9-12(2)10-16(18)6/h7-10,21H,1-6H3. The Bertz CT molecular complexity index is 660. The third kappa shape index (κ3) is 3.02. The van der Waals surface area contributed by atoms with Crippen LogP contribution in [0, 0.1) is 41.5 Å². The summed E-state index contributed by atoms with van der Waals surface area (Å²) < 4.78 is 0. The molecule has 0 saturated carbocycles. The molecule has 0 aliphatic rings. The lowest BCUT2D eigenvalue weighted by Gasteiger charge is -2.20. The maximum Gasteiger partial charge on any atom is 0.126 e. The number of benzene rings is 2. The molecule has 0 aromatic heterocycles. The molecule has 0 atom stereocenters. The molecule has 0 fully saturated rings. The Morgan fingerprint density at radius 2 is 0.955 bits per heavy atom. The zero-order valence-corrected chi connectivity index (χ0v) is 15.3. The van der Waals surface area contributed by atoms with E-state index in [2.05, 4.69) is 76.1 Å². The third-order valence-corrected chi connectivity index (χ3v) is 4.34. The Hall–Kier alpha value is -1.80. The predicted molar refractivity (Wildman–Crippen MR) is 95.7 cm³/mol. The normalized spacial score (nSPS) is 10.7. The number of aryl methyl sites for hydroxylation is 6. The van der Waals surface area contributed by atoms with Crippen molar-refractivity contribution < 1.29 is 5.11 Å². The van der Waals surface area contributed by atoms with Crippen molar-refractivity contribution >= 4 is 15.8 Å². The highest BCUT2D eigenvalue weighted by Crippen LogP contribution is 2.35. The van der Waals surface area contributed by atoms with E-state index in [0.29, 0.717) is 0 Å². The molecule has 113 valence electrons. The molecule has 1 nitrogen and oxygen atoms in total. The van der Waals surface area contributed by atoms with Crippen LogP contribution in [0.4, 0.5) is 0 Å². The summed E-state index contributed by atoms with van der Waals surface area (Å²) in [5, 5.41) is 10.5. The molecule has 22 heavy (non-hydrogen) atoms. The first-order valence-electron chi connectivity index (χ1n) is 7.53. The average Bonchev–Trinajstić information content (AvgIpc) is 2.34. The molecule has 0 heterocycles. The Morgan fingerprint density at radius 1 is 0.682 bits per heavy atom. The molecule has 0 aliphatic carbocycles. The Balaban J connectivity index is 2.84. The van der Waals surface area contributed by atoms with Gasteiger partial charge in [0.25, 0.3) is 0 Å². The highest BCUT2D eigenvalue weighted by molar-refractivity contribution is 6.25. The van der Waals surface area contributed by atoms with Gasteiger partial charge in [-0.25, -0.2) is 0 Å². The lowest BCUT2D eigenvalue weighted by atomic mass is 9.86. The first-order chi connectivity index (χ1) is 10.2. The second-order valence-corrected chi connectivity index (χ2v) is 6.74. The van der Waals surface area contributed by atoms with Crippen LogP contribution >= 0.6 is 0 Å². The van der Waals surface area contributed by atoms with Gasteiger partial charge in [-0.2, -0.15) is 0 Å². The Kier molecular flexibility index (Phi) is 4.62. The molecule has 0 unspecified atom stereocenters. The van der Waals surface area contributed by atoms with Crippen molar-refractivity contribution in [1.29, 1.82) is 0 Å². The van der Waals surface area contributed by atoms with E-state index in [4.69, 9.17) is 0 Å². The van der Waals surface area contributed by atoms with Crippen LogP contribution in [0.2, 0.25) is 0 Å². The van der Waals surface area contributed by atoms with Gasteiger partial charge in [0.15, 0.2) is 0 Å². The minimum Gasteiger partial charge on any atom is -0.518 e. The summed E-state index contributed by atoms with van der Waals surface area (Å²) in [6, 6.07) is 8.65. The minimum atomic E-state index is 0.185. The number of rotatable bonds is 2. The van der Waals surface area contributed by atoms with E-state index in [9.17, 15) is 5.11 Å². The lowest BCUT2D eigenvalue weighted by molar-refractivity contribution is 0.454. The maximum absolute atomic E-state index is 10.3. The minimum absolute atomic E-state index is 0.185. The molecule has 2 aromatic carbocycles. The molecule has 2 heteroatoms. The lowest BCUT2D eigenvalue weighted by Crippen LogP contribution is -2.04. The first kappa shape index (κ1) is 16.6. The van der Waals surface area contributed by atoms with Gasteiger partial charge in [-0.3, -0.25) is 0 Å². The third-order valence-electron chi connectivity index (χ3n) is 4.09. The topological polar surface area (TPSA) is 20.2 Å². The van der Waals surface area contributed by atoms with Crippen molar-refractivity contribution in [3.63, 3.8) is 0 Å². The second-order valence-electron chi connectivity index (χ2n) is 6.27. The molecular formula is C20H23OSi. The van der Waals surface area contributed by atoms with E-state index >= 15 is 0 Å². The van der Waals surface area contributed by atoms with Crippen LogP contribution in [0.1, 0.15) is 44.5 Å². The van der Waals surface area contributed by atoms with Crippen LogP contribution in [0.3, 0.4) is 0 Å². The van der Waals surface area contributed by atoms with Crippen LogP contribution in [0.25, 0.3) is 5.57 Å². The highest BCUT2D eigenvalue weighted by Gasteiger charge is 2.18. The van der Waals surface area contributed by atoms with Crippen LogP contribution in [-0.4, -0.2) is 15.3 Å². The Morgan fingerprint density at radius 3 is 1.18 bits per heavy atom. The molecule has 0 aliphatic heterocycles. The second kappa shape index (κ2) is 6.13. The van der Waals surface area contributed by atoms with E-state index in [1.165, 1.54) is 33.4 Å². The smallest absolute Gasteiger partial charge is 0.126 e. The molecule has 1 N–H and O–H groups in total. The number of aliphatic hydroxyl groups excluding tert-OH is 1. The van der Waals surface area contributed by atoms with E-state index in [0.717, 1.165) is 16.7 Å². The largest absolute Gasteiger partial charge is 0.518 e. The van der Waals surface area contributed by atoms with E-state index in [1.54, 1.807) is 0 Å². The van der Waals surface area contributed by atoms with Crippen LogP contribution in [0.5, 0.6) is 0 Å². The highest BCUT2D eigenvalue weighted by atomic mass is 28.1. The predicted octanol–water partition coefficient (Wildman–Crippen LogP) is 4.98. The van der Waals surface area contributed by atoms with Gasteiger partial charge in [-0.1, -0.05) is 35.4 Å². The monoisotopic (exact) mass is 307 g/mol.